The Bertz CT molecular complexity index is 640. The Hall–Kier alpha value is -1.04. The number of allylic oxidation sites excluding steroid dienone is 1. The van der Waals surface area contributed by atoms with Crippen LogP contribution in [0.4, 0.5) is 0 Å². The molecule has 0 bridgehead atoms. The van der Waals surface area contributed by atoms with Gasteiger partial charge in [-0.25, -0.2) is 4.79 Å². The molecule has 0 aromatic heterocycles. The SMILES string of the molecule is CCOC(=O)C1=C2SC(Cc3ccc(Cl)cc3)=CN2CCS1. The molecule has 22 heavy (non-hydrogen) atoms. The molecule has 3 rings (SSSR count). The van der Waals surface area contributed by atoms with Crippen LogP contribution in [-0.2, 0) is 16.0 Å². The largest absolute Gasteiger partial charge is 0.462 e. The van der Waals surface area contributed by atoms with Crippen LogP contribution in [0.25, 0.3) is 0 Å². The third-order valence-corrected chi connectivity index (χ3v) is 5.87. The summed E-state index contributed by atoms with van der Waals surface area (Å²) < 4.78 is 5.16. The molecule has 0 N–H and O–H groups in total. The monoisotopic (exact) mass is 353 g/mol. The average Bonchev–Trinajstić information content (AvgIpc) is 2.92. The number of carbonyl (C=O) groups is 1. The van der Waals surface area contributed by atoms with Crippen LogP contribution in [0, 0.1) is 0 Å². The van der Waals surface area contributed by atoms with Gasteiger partial charge in [-0.1, -0.05) is 35.5 Å². The van der Waals surface area contributed by atoms with Crippen LogP contribution in [0.2, 0.25) is 5.02 Å². The van der Waals surface area contributed by atoms with Gasteiger partial charge >= 0.3 is 5.97 Å². The van der Waals surface area contributed by atoms with Crippen molar-refractivity contribution >= 4 is 41.1 Å². The number of hydrogen-bond donors (Lipinski definition) is 0. The summed E-state index contributed by atoms with van der Waals surface area (Å²) in [6, 6.07) is 7.89. The number of rotatable bonds is 4. The van der Waals surface area contributed by atoms with Crippen molar-refractivity contribution in [3.63, 3.8) is 0 Å². The summed E-state index contributed by atoms with van der Waals surface area (Å²) in [5, 5.41) is 1.76. The normalized spacial score (nSPS) is 17.4. The summed E-state index contributed by atoms with van der Waals surface area (Å²) in [5.74, 6) is 0.698. The fourth-order valence-corrected chi connectivity index (χ4v) is 4.76. The van der Waals surface area contributed by atoms with E-state index in [0.29, 0.717) is 6.61 Å². The molecular formula is C16H16ClNO2S2. The lowest BCUT2D eigenvalue weighted by molar-refractivity contribution is -0.137. The molecule has 2 aliphatic heterocycles. The van der Waals surface area contributed by atoms with Crippen molar-refractivity contribution < 1.29 is 9.53 Å². The van der Waals surface area contributed by atoms with Gasteiger partial charge in [0.15, 0.2) is 0 Å². The standard InChI is InChI=1S/C16H16ClNO2S2/c1-2-20-16(19)14-15-18(7-8-21-14)10-13(22-15)9-11-3-5-12(17)6-4-11/h3-6,10H,2,7-9H2,1H3. The van der Waals surface area contributed by atoms with Gasteiger partial charge in [-0.05, 0) is 24.6 Å². The number of carbonyl (C=O) groups excluding carboxylic acids is 1. The van der Waals surface area contributed by atoms with E-state index in [-0.39, 0.29) is 5.97 Å². The predicted molar refractivity (Wildman–Crippen MR) is 93.7 cm³/mol. The Labute approximate surface area is 143 Å². The van der Waals surface area contributed by atoms with Gasteiger partial charge in [-0.3, -0.25) is 0 Å². The van der Waals surface area contributed by atoms with E-state index >= 15 is 0 Å². The Balaban J connectivity index is 1.76. The molecular weight excluding hydrogens is 338 g/mol. The minimum atomic E-state index is -0.208. The van der Waals surface area contributed by atoms with Crippen molar-refractivity contribution in [3.8, 4) is 0 Å². The Kier molecular flexibility index (Phi) is 5.06. The highest BCUT2D eigenvalue weighted by Gasteiger charge is 2.30. The zero-order valence-corrected chi connectivity index (χ0v) is 14.6. The highest BCUT2D eigenvalue weighted by molar-refractivity contribution is 8.09. The molecule has 1 aromatic rings. The fourth-order valence-electron chi connectivity index (χ4n) is 2.32. The summed E-state index contributed by atoms with van der Waals surface area (Å²) in [5.41, 5.74) is 1.22. The van der Waals surface area contributed by atoms with E-state index in [1.807, 2.05) is 31.2 Å². The van der Waals surface area contributed by atoms with Crippen molar-refractivity contribution in [2.45, 2.75) is 13.3 Å². The van der Waals surface area contributed by atoms with Gasteiger partial charge in [0.05, 0.1) is 6.61 Å². The maximum atomic E-state index is 12.1. The number of nitrogens with zero attached hydrogens (tertiary/aromatic N) is 1. The third-order valence-electron chi connectivity index (χ3n) is 3.31. The second-order valence-electron chi connectivity index (χ2n) is 4.90. The molecule has 6 heteroatoms. The Morgan fingerprint density at radius 3 is 2.86 bits per heavy atom. The number of benzene rings is 1. The smallest absolute Gasteiger partial charge is 0.347 e. The van der Waals surface area contributed by atoms with Gasteiger partial charge in [-0.15, -0.1) is 11.8 Å². The summed E-state index contributed by atoms with van der Waals surface area (Å²) in [4.78, 5) is 16.2. The summed E-state index contributed by atoms with van der Waals surface area (Å²) in [6.07, 6.45) is 3.00. The molecule has 2 aliphatic rings. The topological polar surface area (TPSA) is 29.5 Å². The lowest BCUT2D eigenvalue weighted by atomic mass is 10.1. The molecule has 0 fully saturated rings. The van der Waals surface area contributed by atoms with E-state index in [1.54, 1.807) is 23.5 Å². The number of halogens is 1. The number of ether oxygens (including phenoxy) is 1. The molecule has 0 unspecified atom stereocenters. The fraction of sp³-hybridized carbons (Fsp3) is 0.312. The van der Waals surface area contributed by atoms with Crippen LogP contribution in [0.3, 0.4) is 0 Å². The maximum absolute atomic E-state index is 12.1. The lowest BCUT2D eigenvalue weighted by Crippen LogP contribution is -2.23. The quantitative estimate of drug-likeness (QED) is 0.755. The highest BCUT2D eigenvalue weighted by atomic mass is 35.5. The minimum Gasteiger partial charge on any atom is -0.462 e. The minimum absolute atomic E-state index is 0.208. The van der Waals surface area contributed by atoms with E-state index in [1.165, 1.54) is 10.5 Å². The van der Waals surface area contributed by atoms with Gasteiger partial charge in [0.2, 0.25) is 0 Å². The van der Waals surface area contributed by atoms with Crippen LogP contribution in [-0.4, -0.2) is 29.8 Å². The van der Waals surface area contributed by atoms with E-state index in [9.17, 15) is 4.79 Å². The number of thioether (sulfide) groups is 2. The van der Waals surface area contributed by atoms with Gasteiger partial charge in [0.1, 0.15) is 9.93 Å². The van der Waals surface area contributed by atoms with Crippen LogP contribution in [0.5, 0.6) is 0 Å². The molecule has 0 radical (unpaired) electrons. The molecule has 0 amide bonds. The molecule has 116 valence electrons. The first-order valence-corrected chi connectivity index (χ1v) is 9.29. The highest BCUT2D eigenvalue weighted by Crippen LogP contribution is 2.45. The van der Waals surface area contributed by atoms with Gasteiger partial charge in [0, 0.05) is 34.8 Å². The molecule has 0 aliphatic carbocycles. The molecule has 1 aromatic carbocycles. The Morgan fingerprint density at radius 2 is 2.14 bits per heavy atom. The van der Waals surface area contributed by atoms with Crippen LogP contribution < -0.4 is 0 Å². The predicted octanol–water partition coefficient (Wildman–Crippen LogP) is 4.25. The van der Waals surface area contributed by atoms with E-state index in [0.717, 1.165) is 33.7 Å². The molecule has 0 atom stereocenters. The van der Waals surface area contributed by atoms with Crippen molar-refractivity contribution in [2.75, 3.05) is 18.9 Å². The summed E-state index contributed by atoms with van der Waals surface area (Å²) >= 11 is 9.18. The molecule has 0 saturated carbocycles. The molecule has 2 heterocycles. The molecule has 0 saturated heterocycles. The van der Waals surface area contributed by atoms with Crippen LogP contribution in [0.1, 0.15) is 12.5 Å². The second kappa shape index (κ2) is 7.02. The van der Waals surface area contributed by atoms with Crippen molar-refractivity contribution in [1.82, 2.24) is 4.90 Å². The first-order valence-electron chi connectivity index (χ1n) is 7.11. The molecule has 0 spiro atoms. The first-order chi connectivity index (χ1) is 10.7. The number of esters is 1. The van der Waals surface area contributed by atoms with Gasteiger partial charge in [0.25, 0.3) is 0 Å². The summed E-state index contributed by atoms with van der Waals surface area (Å²) in [6.45, 7) is 3.17. The van der Waals surface area contributed by atoms with Crippen molar-refractivity contribution in [2.24, 2.45) is 0 Å². The van der Waals surface area contributed by atoms with E-state index in [4.69, 9.17) is 16.3 Å². The summed E-state index contributed by atoms with van der Waals surface area (Å²) in [7, 11) is 0. The van der Waals surface area contributed by atoms with E-state index < -0.39 is 0 Å². The maximum Gasteiger partial charge on any atom is 0.347 e. The van der Waals surface area contributed by atoms with E-state index in [2.05, 4.69) is 11.1 Å². The Morgan fingerprint density at radius 1 is 1.36 bits per heavy atom. The van der Waals surface area contributed by atoms with Gasteiger partial charge in [-0.2, -0.15) is 0 Å². The number of hydrogen-bond acceptors (Lipinski definition) is 5. The lowest BCUT2D eigenvalue weighted by Gasteiger charge is -2.24. The van der Waals surface area contributed by atoms with Crippen LogP contribution in [0.15, 0.2) is 45.3 Å². The first kappa shape index (κ1) is 15.8. The zero-order valence-electron chi connectivity index (χ0n) is 12.2. The van der Waals surface area contributed by atoms with Crippen LogP contribution >= 0.6 is 35.1 Å². The number of fused-ring (bicyclic) bond motifs is 1. The van der Waals surface area contributed by atoms with Gasteiger partial charge < -0.3 is 9.64 Å². The zero-order chi connectivity index (χ0) is 15.5. The van der Waals surface area contributed by atoms with Crippen molar-refractivity contribution in [3.05, 3.63) is 55.9 Å². The second-order valence-corrected chi connectivity index (χ2v) is 7.55. The average molecular weight is 354 g/mol. The van der Waals surface area contributed by atoms with Crippen molar-refractivity contribution in [1.29, 1.82) is 0 Å². The molecule has 3 nitrogen and oxygen atoms in total. The third kappa shape index (κ3) is 3.47.